The van der Waals surface area contributed by atoms with Gasteiger partial charge < -0.3 is 15.3 Å². The first kappa shape index (κ1) is 14.4. The van der Waals surface area contributed by atoms with Crippen molar-refractivity contribution in [1.82, 2.24) is 15.3 Å². The van der Waals surface area contributed by atoms with E-state index in [0.29, 0.717) is 12.2 Å². The Morgan fingerprint density at radius 1 is 1.39 bits per heavy atom. The fourth-order valence-electron chi connectivity index (χ4n) is 1.54. The Balaban J connectivity index is 2.61. The molecule has 0 fully saturated rings. The van der Waals surface area contributed by atoms with E-state index in [1.165, 1.54) is 6.20 Å². The zero-order valence-electron chi connectivity index (χ0n) is 11.2. The first-order valence-electron chi connectivity index (χ1n) is 5.88. The summed E-state index contributed by atoms with van der Waals surface area (Å²) in [6.07, 6.45) is 3.06. The number of aromatic nitrogens is 2. The molecule has 6 nitrogen and oxygen atoms in total. The maximum Gasteiger partial charge on any atom is 0.271 e. The predicted molar refractivity (Wildman–Crippen MR) is 69.6 cm³/mol. The normalized spacial score (nSPS) is 13.8. The third-order valence-electron chi connectivity index (χ3n) is 2.40. The van der Waals surface area contributed by atoms with Crippen molar-refractivity contribution in [3.05, 3.63) is 18.1 Å². The van der Waals surface area contributed by atoms with Crippen LogP contribution in [-0.4, -0.2) is 47.2 Å². The topological polar surface area (TPSA) is 78.3 Å². The molecule has 0 aliphatic rings. The molecule has 0 saturated heterocycles. The first-order chi connectivity index (χ1) is 8.40. The molecule has 0 aliphatic carbocycles. The van der Waals surface area contributed by atoms with Gasteiger partial charge in [-0.25, -0.2) is 9.97 Å². The van der Waals surface area contributed by atoms with Crippen LogP contribution >= 0.6 is 0 Å². The number of aliphatic hydroxyl groups excluding tert-OH is 1. The maximum absolute atomic E-state index is 11.8. The highest BCUT2D eigenvalue weighted by atomic mass is 16.3. The molecule has 100 valence electrons. The Morgan fingerprint density at radius 2 is 2.06 bits per heavy atom. The lowest BCUT2D eigenvalue weighted by atomic mass is 10.1. The highest BCUT2D eigenvalue weighted by Crippen LogP contribution is 2.05. The maximum atomic E-state index is 11.8. The molecule has 0 radical (unpaired) electrons. The lowest BCUT2D eigenvalue weighted by Crippen LogP contribution is -2.35. The van der Waals surface area contributed by atoms with Crippen LogP contribution in [0.3, 0.4) is 0 Å². The van der Waals surface area contributed by atoms with E-state index in [9.17, 15) is 9.90 Å². The third kappa shape index (κ3) is 4.29. The molecule has 0 spiro atoms. The van der Waals surface area contributed by atoms with Gasteiger partial charge in [0.1, 0.15) is 11.5 Å². The van der Waals surface area contributed by atoms with Crippen LogP contribution in [0.2, 0.25) is 0 Å². The molecular formula is C12H20N4O2. The number of carbonyl (C=O) groups excluding carboxylic acids is 1. The van der Waals surface area contributed by atoms with Gasteiger partial charge >= 0.3 is 0 Å². The molecule has 0 bridgehead atoms. The summed E-state index contributed by atoms with van der Waals surface area (Å²) in [7, 11) is 3.71. The van der Waals surface area contributed by atoms with E-state index in [4.69, 9.17) is 0 Å². The van der Waals surface area contributed by atoms with E-state index >= 15 is 0 Å². The molecule has 0 aliphatic heterocycles. The molecule has 1 amide bonds. The molecule has 2 unspecified atom stereocenters. The zero-order valence-corrected chi connectivity index (χ0v) is 11.2. The van der Waals surface area contributed by atoms with Crippen molar-refractivity contribution in [2.45, 2.75) is 32.4 Å². The monoisotopic (exact) mass is 252 g/mol. The zero-order chi connectivity index (χ0) is 13.7. The minimum absolute atomic E-state index is 0.104. The summed E-state index contributed by atoms with van der Waals surface area (Å²) >= 11 is 0. The van der Waals surface area contributed by atoms with Gasteiger partial charge in [-0.3, -0.25) is 4.79 Å². The number of hydrogen-bond acceptors (Lipinski definition) is 5. The highest BCUT2D eigenvalue weighted by Gasteiger charge is 2.13. The van der Waals surface area contributed by atoms with Gasteiger partial charge in [-0.1, -0.05) is 0 Å². The van der Waals surface area contributed by atoms with Crippen molar-refractivity contribution in [3.63, 3.8) is 0 Å². The fraction of sp³-hybridized carbons (Fsp3) is 0.583. The highest BCUT2D eigenvalue weighted by molar-refractivity contribution is 5.92. The average Bonchev–Trinajstić information content (AvgIpc) is 2.27. The number of anilines is 1. The minimum Gasteiger partial charge on any atom is -0.393 e. The largest absolute Gasteiger partial charge is 0.393 e. The van der Waals surface area contributed by atoms with E-state index in [2.05, 4.69) is 15.3 Å². The molecule has 0 saturated carbocycles. The van der Waals surface area contributed by atoms with Gasteiger partial charge in [0.05, 0.1) is 18.5 Å². The van der Waals surface area contributed by atoms with Crippen LogP contribution < -0.4 is 10.2 Å². The molecule has 1 rings (SSSR count). The molecular weight excluding hydrogens is 232 g/mol. The lowest BCUT2D eigenvalue weighted by Gasteiger charge is -2.15. The van der Waals surface area contributed by atoms with Gasteiger partial charge in [0, 0.05) is 20.1 Å². The van der Waals surface area contributed by atoms with Gasteiger partial charge in [0.25, 0.3) is 5.91 Å². The van der Waals surface area contributed by atoms with Crippen LogP contribution in [0.5, 0.6) is 0 Å². The van der Waals surface area contributed by atoms with Gasteiger partial charge in [-0.15, -0.1) is 0 Å². The summed E-state index contributed by atoms with van der Waals surface area (Å²) in [6.45, 7) is 3.53. The number of carbonyl (C=O) groups is 1. The Bertz CT molecular complexity index is 390. The summed E-state index contributed by atoms with van der Waals surface area (Å²) in [5.41, 5.74) is 0.276. The minimum atomic E-state index is -0.442. The predicted octanol–water partition coefficient (Wildman–Crippen LogP) is 0.432. The van der Waals surface area contributed by atoms with Crippen LogP contribution in [0.15, 0.2) is 12.4 Å². The van der Waals surface area contributed by atoms with Crippen molar-refractivity contribution < 1.29 is 9.90 Å². The van der Waals surface area contributed by atoms with E-state index in [0.717, 1.165) is 0 Å². The van der Waals surface area contributed by atoms with Gasteiger partial charge in [0.15, 0.2) is 0 Å². The molecule has 1 heterocycles. The Labute approximate surface area is 107 Å². The number of amides is 1. The Kier molecular flexibility index (Phi) is 5.03. The van der Waals surface area contributed by atoms with Crippen molar-refractivity contribution in [2.75, 3.05) is 19.0 Å². The number of rotatable bonds is 5. The molecule has 1 aromatic heterocycles. The van der Waals surface area contributed by atoms with Crippen molar-refractivity contribution in [2.24, 2.45) is 0 Å². The molecule has 2 atom stereocenters. The second-order valence-electron chi connectivity index (χ2n) is 4.61. The lowest BCUT2D eigenvalue weighted by molar-refractivity contribution is 0.0917. The van der Waals surface area contributed by atoms with Crippen LogP contribution in [-0.2, 0) is 0 Å². The summed E-state index contributed by atoms with van der Waals surface area (Å²) < 4.78 is 0. The summed E-state index contributed by atoms with van der Waals surface area (Å²) in [4.78, 5) is 21.8. The molecule has 6 heteroatoms. The summed E-state index contributed by atoms with van der Waals surface area (Å²) in [5.74, 6) is 0.421. The van der Waals surface area contributed by atoms with Crippen molar-refractivity contribution in [3.8, 4) is 0 Å². The first-order valence-corrected chi connectivity index (χ1v) is 5.88. The molecule has 0 aromatic carbocycles. The van der Waals surface area contributed by atoms with E-state index < -0.39 is 6.10 Å². The molecule has 1 aromatic rings. The average molecular weight is 252 g/mol. The fourth-order valence-corrected chi connectivity index (χ4v) is 1.54. The summed E-state index contributed by atoms with van der Waals surface area (Å²) in [6, 6.07) is -0.104. The number of nitrogens with one attached hydrogen (secondary N) is 1. The van der Waals surface area contributed by atoms with Gasteiger partial charge in [-0.05, 0) is 20.3 Å². The van der Waals surface area contributed by atoms with Crippen LogP contribution in [0.25, 0.3) is 0 Å². The van der Waals surface area contributed by atoms with E-state index in [1.807, 2.05) is 25.9 Å². The van der Waals surface area contributed by atoms with Crippen LogP contribution in [0.4, 0.5) is 5.82 Å². The Morgan fingerprint density at radius 3 is 2.50 bits per heavy atom. The standard InChI is InChI=1S/C12H20N4O2/c1-8(5-9(2)17)15-12(18)10-6-14-11(7-13-10)16(3)4/h6-9,17H,5H2,1-4H3,(H,15,18). The van der Waals surface area contributed by atoms with E-state index in [-0.39, 0.29) is 17.6 Å². The smallest absolute Gasteiger partial charge is 0.271 e. The molecule has 18 heavy (non-hydrogen) atoms. The Hall–Kier alpha value is -1.69. The SMILES string of the molecule is CC(O)CC(C)NC(=O)c1cnc(N(C)C)cn1. The van der Waals surface area contributed by atoms with Crippen molar-refractivity contribution >= 4 is 11.7 Å². The van der Waals surface area contributed by atoms with Crippen LogP contribution in [0, 0.1) is 0 Å². The van der Waals surface area contributed by atoms with E-state index in [1.54, 1.807) is 13.1 Å². The second-order valence-corrected chi connectivity index (χ2v) is 4.61. The number of nitrogens with zero attached hydrogens (tertiary/aromatic N) is 3. The third-order valence-corrected chi connectivity index (χ3v) is 2.40. The number of hydrogen-bond donors (Lipinski definition) is 2. The van der Waals surface area contributed by atoms with Crippen LogP contribution in [0.1, 0.15) is 30.8 Å². The summed E-state index contributed by atoms with van der Waals surface area (Å²) in [5, 5.41) is 12.0. The van der Waals surface area contributed by atoms with Gasteiger partial charge in [-0.2, -0.15) is 0 Å². The van der Waals surface area contributed by atoms with Crippen molar-refractivity contribution in [1.29, 1.82) is 0 Å². The quantitative estimate of drug-likeness (QED) is 0.794. The number of aliphatic hydroxyl groups is 1. The molecule has 2 N–H and O–H groups in total. The van der Waals surface area contributed by atoms with Gasteiger partial charge in [0.2, 0.25) is 0 Å². The second kappa shape index (κ2) is 6.30.